The van der Waals surface area contributed by atoms with Gasteiger partial charge in [0.1, 0.15) is 0 Å². The summed E-state index contributed by atoms with van der Waals surface area (Å²) in [6.45, 7) is 3.73. The molecular weight excluding hydrogens is 224 g/mol. The molecule has 0 aromatic carbocycles. The molecular formula is C15H22N2O. The van der Waals surface area contributed by atoms with Crippen LogP contribution < -0.4 is 0 Å². The van der Waals surface area contributed by atoms with Gasteiger partial charge in [-0.15, -0.1) is 0 Å². The summed E-state index contributed by atoms with van der Waals surface area (Å²) in [6, 6.07) is 1.34. The second-order valence-electron chi connectivity index (χ2n) is 6.56. The Hall–Kier alpha value is -0.830. The highest BCUT2D eigenvalue weighted by Crippen LogP contribution is 2.41. The van der Waals surface area contributed by atoms with E-state index in [1.807, 2.05) is 0 Å². The molecule has 0 aromatic rings. The highest BCUT2D eigenvalue weighted by molar-refractivity contribution is 5.90. The van der Waals surface area contributed by atoms with Gasteiger partial charge in [0, 0.05) is 37.8 Å². The third-order valence-electron chi connectivity index (χ3n) is 5.56. The monoisotopic (exact) mass is 246 g/mol. The van der Waals surface area contributed by atoms with E-state index in [0.29, 0.717) is 11.8 Å². The largest absolute Gasteiger partial charge is 0.373 e. The first-order valence-electron chi connectivity index (χ1n) is 7.52. The molecule has 0 amide bonds. The number of ketones is 1. The van der Waals surface area contributed by atoms with Gasteiger partial charge >= 0.3 is 0 Å². The Morgan fingerprint density at radius 3 is 2.94 bits per heavy atom. The van der Waals surface area contributed by atoms with E-state index in [9.17, 15) is 4.79 Å². The maximum atomic E-state index is 11.6. The van der Waals surface area contributed by atoms with Crippen LogP contribution in [0.2, 0.25) is 0 Å². The lowest BCUT2D eigenvalue weighted by Gasteiger charge is -2.56. The summed E-state index contributed by atoms with van der Waals surface area (Å²) in [7, 11) is 0. The highest BCUT2D eigenvalue weighted by Gasteiger charge is 2.46. The molecule has 98 valence electrons. The van der Waals surface area contributed by atoms with E-state index in [2.05, 4.69) is 16.0 Å². The SMILES string of the molecule is O=C1C=CN2CC3CC(CN4CCCC[C@@H]34)[C@H]2C1. The van der Waals surface area contributed by atoms with Gasteiger partial charge in [-0.25, -0.2) is 0 Å². The van der Waals surface area contributed by atoms with Gasteiger partial charge in [0.05, 0.1) is 0 Å². The molecule has 3 saturated heterocycles. The Kier molecular flexibility index (Phi) is 2.51. The summed E-state index contributed by atoms with van der Waals surface area (Å²) in [4.78, 5) is 16.9. The summed E-state index contributed by atoms with van der Waals surface area (Å²) in [5.74, 6) is 1.90. The van der Waals surface area contributed by atoms with Crippen molar-refractivity contribution in [2.45, 2.75) is 44.2 Å². The minimum absolute atomic E-state index is 0.329. The van der Waals surface area contributed by atoms with E-state index < -0.39 is 0 Å². The van der Waals surface area contributed by atoms with Crippen molar-refractivity contribution in [3.8, 4) is 0 Å². The Morgan fingerprint density at radius 2 is 2.00 bits per heavy atom. The summed E-state index contributed by atoms with van der Waals surface area (Å²) < 4.78 is 0. The van der Waals surface area contributed by atoms with Crippen LogP contribution in [0, 0.1) is 11.8 Å². The van der Waals surface area contributed by atoms with E-state index in [4.69, 9.17) is 0 Å². The van der Waals surface area contributed by atoms with E-state index in [-0.39, 0.29) is 0 Å². The lowest BCUT2D eigenvalue weighted by molar-refractivity contribution is -0.119. The van der Waals surface area contributed by atoms with Crippen LogP contribution in [-0.2, 0) is 4.79 Å². The maximum absolute atomic E-state index is 11.6. The topological polar surface area (TPSA) is 23.6 Å². The van der Waals surface area contributed by atoms with Crippen LogP contribution in [0.1, 0.15) is 32.1 Å². The number of rotatable bonds is 0. The summed E-state index contributed by atoms with van der Waals surface area (Å²) in [5, 5.41) is 0. The molecule has 0 saturated carbocycles. The van der Waals surface area contributed by atoms with Gasteiger partial charge in [0.15, 0.2) is 5.78 Å². The fraction of sp³-hybridized carbons (Fsp3) is 0.800. The predicted molar refractivity (Wildman–Crippen MR) is 70.1 cm³/mol. The zero-order valence-corrected chi connectivity index (χ0v) is 10.9. The quantitative estimate of drug-likeness (QED) is 0.649. The van der Waals surface area contributed by atoms with Crippen molar-refractivity contribution >= 4 is 5.78 Å². The van der Waals surface area contributed by atoms with Gasteiger partial charge in [-0.05, 0) is 43.7 Å². The smallest absolute Gasteiger partial charge is 0.159 e. The number of piperidine rings is 3. The molecule has 0 aromatic heterocycles. The number of carbonyl (C=O) groups is 1. The third-order valence-corrected chi connectivity index (χ3v) is 5.56. The Bertz CT molecular complexity index is 392. The molecule has 4 atom stereocenters. The first kappa shape index (κ1) is 11.0. The van der Waals surface area contributed by atoms with Crippen molar-refractivity contribution in [2.75, 3.05) is 19.6 Å². The molecule has 2 unspecified atom stereocenters. The minimum Gasteiger partial charge on any atom is -0.373 e. The molecule has 3 nitrogen and oxygen atoms in total. The molecule has 4 aliphatic heterocycles. The average Bonchev–Trinajstić information content (AvgIpc) is 2.40. The first-order chi connectivity index (χ1) is 8.81. The van der Waals surface area contributed by atoms with E-state index in [1.165, 1.54) is 45.3 Å². The predicted octanol–water partition coefficient (Wildman–Crippen LogP) is 1.65. The Morgan fingerprint density at radius 1 is 1.11 bits per heavy atom. The van der Waals surface area contributed by atoms with Gasteiger partial charge in [-0.3, -0.25) is 9.69 Å². The average molecular weight is 246 g/mol. The van der Waals surface area contributed by atoms with Crippen molar-refractivity contribution in [1.29, 1.82) is 0 Å². The number of fused-ring (bicyclic) bond motifs is 6. The number of nitrogens with zero attached hydrogens (tertiary/aromatic N) is 2. The molecule has 3 heteroatoms. The van der Waals surface area contributed by atoms with Crippen molar-refractivity contribution in [1.82, 2.24) is 9.80 Å². The summed E-state index contributed by atoms with van der Waals surface area (Å²) in [5.41, 5.74) is 0. The third kappa shape index (κ3) is 1.63. The number of allylic oxidation sites excluding steroid dienone is 1. The molecule has 0 aliphatic carbocycles. The number of hydrogen-bond donors (Lipinski definition) is 0. The van der Waals surface area contributed by atoms with E-state index in [0.717, 1.165) is 24.3 Å². The second kappa shape index (κ2) is 4.09. The van der Waals surface area contributed by atoms with E-state index >= 15 is 0 Å². The molecule has 4 aliphatic rings. The van der Waals surface area contributed by atoms with Gasteiger partial charge in [0.25, 0.3) is 0 Å². The molecule has 2 bridgehead atoms. The normalized spacial score (nSPS) is 43.6. The number of hydrogen-bond acceptors (Lipinski definition) is 3. The molecule has 0 spiro atoms. The van der Waals surface area contributed by atoms with Crippen LogP contribution in [0.5, 0.6) is 0 Å². The minimum atomic E-state index is 0.329. The maximum Gasteiger partial charge on any atom is 0.159 e. The summed E-state index contributed by atoms with van der Waals surface area (Å²) >= 11 is 0. The van der Waals surface area contributed by atoms with Gasteiger partial charge in [-0.1, -0.05) is 6.42 Å². The highest BCUT2D eigenvalue weighted by atomic mass is 16.1. The van der Waals surface area contributed by atoms with Crippen LogP contribution in [0.3, 0.4) is 0 Å². The molecule has 4 heterocycles. The zero-order chi connectivity index (χ0) is 12.1. The zero-order valence-electron chi connectivity index (χ0n) is 10.9. The van der Waals surface area contributed by atoms with Crippen LogP contribution in [0.4, 0.5) is 0 Å². The molecule has 0 radical (unpaired) electrons. The van der Waals surface area contributed by atoms with Crippen LogP contribution >= 0.6 is 0 Å². The summed E-state index contributed by atoms with van der Waals surface area (Å²) in [6.07, 6.45) is 10.2. The Labute approximate surface area is 109 Å². The molecule has 18 heavy (non-hydrogen) atoms. The second-order valence-corrected chi connectivity index (χ2v) is 6.56. The van der Waals surface area contributed by atoms with Crippen molar-refractivity contribution < 1.29 is 4.79 Å². The fourth-order valence-corrected chi connectivity index (χ4v) is 4.76. The molecule has 3 fully saturated rings. The van der Waals surface area contributed by atoms with Crippen molar-refractivity contribution in [3.63, 3.8) is 0 Å². The fourth-order valence-electron chi connectivity index (χ4n) is 4.76. The first-order valence-corrected chi connectivity index (χ1v) is 7.52. The lowest BCUT2D eigenvalue weighted by Crippen LogP contribution is -2.62. The van der Waals surface area contributed by atoms with Gasteiger partial charge < -0.3 is 4.90 Å². The van der Waals surface area contributed by atoms with Crippen molar-refractivity contribution in [2.24, 2.45) is 11.8 Å². The lowest BCUT2D eigenvalue weighted by atomic mass is 9.71. The van der Waals surface area contributed by atoms with Crippen molar-refractivity contribution in [3.05, 3.63) is 12.3 Å². The van der Waals surface area contributed by atoms with Crippen LogP contribution in [0.15, 0.2) is 12.3 Å². The van der Waals surface area contributed by atoms with Gasteiger partial charge in [0.2, 0.25) is 0 Å². The molecule has 4 rings (SSSR count). The van der Waals surface area contributed by atoms with E-state index in [1.54, 1.807) is 6.08 Å². The van der Waals surface area contributed by atoms with Crippen LogP contribution in [-0.4, -0.2) is 47.3 Å². The number of carbonyl (C=O) groups excluding carboxylic acids is 1. The standard InChI is InChI=1S/C15H22N2O/c18-13-4-6-17-9-11-7-12(15(17)8-13)10-16-5-2-1-3-14(11)16/h4,6,11-12,14-15H,1-3,5,7-10H2/t11?,12?,14-,15+/m0/s1. The van der Waals surface area contributed by atoms with Gasteiger partial charge in [-0.2, -0.15) is 0 Å². The van der Waals surface area contributed by atoms with Crippen LogP contribution in [0.25, 0.3) is 0 Å². The molecule has 0 N–H and O–H groups in total. The Balaban J connectivity index is 1.60.